The van der Waals surface area contributed by atoms with Crippen molar-refractivity contribution in [3.63, 3.8) is 0 Å². The van der Waals surface area contributed by atoms with E-state index in [2.05, 4.69) is 46.8 Å². The van der Waals surface area contributed by atoms with Crippen molar-refractivity contribution >= 4 is 17.3 Å². The molecule has 5 nitrogen and oxygen atoms in total. The number of rotatable bonds is 10. The van der Waals surface area contributed by atoms with Crippen LogP contribution in [0.2, 0.25) is 0 Å². The lowest BCUT2D eigenvalue weighted by molar-refractivity contribution is 0.109. The Morgan fingerprint density at radius 1 is 1.41 bits per heavy atom. The molecule has 0 aliphatic rings. The van der Waals surface area contributed by atoms with Crippen LogP contribution in [0.15, 0.2) is 10.4 Å². The van der Waals surface area contributed by atoms with Gasteiger partial charge in [-0.1, -0.05) is 13.8 Å². The summed E-state index contributed by atoms with van der Waals surface area (Å²) in [4.78, 5) is 9.03. The van der Waals surface area contributed by atoms with Gasteiger partial charge in [0.15, 0.2) is 5.96 Å². The first-order chi connectivity index (χ1) is 10.6. The first-order valence-corrected chi connectivity index (χ1v) is 9.00. The SMILES string of the molecule is CCNC(=NCCCOCC(C)C)NCCc1csc(C)n1. The Bertz CT molecular complexity index is 432. The van der Waals surface area contributed by atoms with Gasteiger partial charge in [-0.15, -0.1) is 11.3 Å². The summed E-state index contributed by atoms with van der Waals surface area (Å²) in [5, 5.41) is 9.85. The third kappa shape index (κ3) is 9.00. The molecular weight excluding hydrogens is 296 g/mol. The second-order valence-corrected chi connectivity index (χ2v) is 6.68. The quantitative estimate of drug-likeness (QED) is 0.394. The molecule has 0 aromatic carbocycles. The molecule has 0 radical (unpaired) electrons. The molecule has 126 valence electrons. The van der Waals surface area contributed by atoms with Gasteiger partial charge in [-0.25, -0.2) is 4.98 Å². The van der Waals surface area contributed by atoms with E-state index in [0.717, 1.165) is 62.4 Å². The van der Waals surface area contributed by atoms with Crippen LogP contribution in [0.5, 0.6) is 0 Å². The minimum Gasteiger partial charge on any atom is -0.381 e. The van der Waals surface area contributed by atoms with Gasteiger partial charge in [0.1, 0.15) is 0 Å². The molecule has 0 atom stereocenters. The number of aromatic nitrogens is 1. The van der Waals surface area contributed by atoms with Gasteiger partial charge in [-0.3, -0.25) is 4.99 Å². The van der Waals surface area contributed by atoms with Crippen LogP contribution in [0.3, 0.4) is 0 Å². The molecule has 0 bridgehead atoms. The third-order valence-electron chi connectivity index (χ3n) is 2.85. The summed E-state index contributed by atoms with van der Waals surface area (Å²) in [6.45, 7) is 12.5. The average molecular weight is 327 g/mol. The Kier molecular flexibility index (Phi) is 9.82. The lowest BCUT2D eigenvalue weighted by Gasteiger charge is -2.11. The number of hydrogen-bond donors (Lipinski definition) is 2. The number of nitrogens with zero attached hydrogens (tertiary/aromatic N) is 2. The van der Waals surface area contributed by atoms with Crippen LogP contribution in [0.25, 0.3) is 0 Å². The first-order valence-electron chi connectivity index (χ1n) is 8.12. The number of aryl methyl sites for hydroxylation is 1. The van der Waals surface area contributed by atoms with E-state index in [0.29, 0.717) is 5.92 Å². The third-order valence-corrected chi connectivity index (χ3v) is 3.67. The lowest BCUT2D eigenvalue weighted by atomic mass is 10.2. The van der Waals surface area contributed by atoms with E-state index < -0.39 is 0 Å². The normalized spacial score (nSPS) is 12.0. The molecule has 0 amide bonds. The largest absolute Gasteiger partial charge is 0.381 e. The fourth-order valence-electron chi connectivity index (χ4n) is 1.85. The van der Waals surface area contributed by atoms with E-state index >= 15 is 0 Å². The van der Waals surface area contributed by atoms with Crippen molar-refractivity contribution in [3.8, 4) is 0 Å². The zero-order chi connectivity index (χ0) is 16.2. The topological polar surface area (TPSA) is 58.5 Å². The van der Waals surface area contributed by atoms with E-state index in [1.165, 1.54) is 0 Å². The Hall–Kier alpha value is -1.14. The Balaban J connectivity index is 2.20. The molecule has 0 saturated carbocycles. The highest BCUT2D eigenvalue weighted by molar-refractivity contribution is 7.09. The van der Waals surface area contributed by atoms with Crippen LogP contribution < -0.4 is 10.6 Å². The summed E-state index contributed by atoms with van der Waals surface area (Å²) >= 11 is 1.70. The number of guanidine groups is 1. The highest BCUT2D eigenvalue weighted by Crippen LogP contribution is 2.07. The van der Waals surface area contributed by atoms with Gasteiger partial charge in [0.25, 0.3) is 0 Å². The summed E-state index contributed by atoms with van der Waals surface area (Å²) in [6, 6.07) is 0. The predicted molar refractivity (Wildman–Crippen MR) is 94.8 cm³/mol. The average Bonchev–Trinajstić information content (AvgIpc) is 2.88. The molecule has 22 heavy (non-hydrogen) atoms. The molecule has 0 aliphatic carbocycles. The van der Waals surface area contributed by atoms with Crippen LogP contribution in [-0.2, 0) is 11.2 Å². The molecule has 2 N–H and O–H groups in total. The van der Waals surface area contributed by atoms with Gasteiger partial charge in [0.05, 0.1) is 10.7 Å². The molecule has 1 aromatic rings. The second kappa shape index (κ2) is 11.4. The summed E-state index contributed by atoms with van der Waals surface area (Å²) in [7, 11) is 0. The van der Waals surface area contributed by atoms with E-state index in [9.17, 15) is 0 Å². The maximum atomic E-state index is 5.56. The summed E-state index contributed by atoms with van der Waals surface area (Å²) < 4.78 is 5.56. The first kappa shape index (κ1) is 18.9. The molecule has 0 saturated heterocycles. The Morgan fingerprint density at radius 3 is 2.86 bits per heavy atom. The fraction of sp³-hybridized carbons (Fsp3) is 0.750. The molecule has 6 heteroatoms. The minimum atomic E-state index is 0.594. The van der Waals surface area contributed by atoms with Gasteiger partial charge in [0.2, 0.25) is 0 Å². The minimum absolute atomic E-state index is 0.594. The lowest BCUT2D eigenvalue weighted by Crippen LogP contribution is -2.38. The molecule has 1 aromatic heterocycles. The van der Waals surface area contributed by atoms with Crippen LogP contribution in [0, 0.1) is 12.8 Å². The fourth-order valence-corrected chi connectivity index (χ4v) is 2.50. The van der Waals surface area contributed by atoms with Crippen molar-refractivity contribution in [1.82, 2.24) is 15.6 Å². The summed E-state index contributed by atoms with van der Waals surface area (Å²) in [5.74, 6) is 1.47. The zero-order valence-corrected chi connectivity index (χ0v) is 15.1. The van der Waals surface area contributed by atoms with Crippen molar-refractivity contribution in [1.29, 1.82) is 0 Å². The van der Waals surface area contributed by atoms with Crippen molar-refractivity contribution < 1.29 is 4.74 Å². The maximum Gasteiger partial charge on any atom is 0.191 e. The molecular formula is C16H30N4OS. The van der Waals surface area contributed by atoms with Crippen molar-refractivity contribution in [3.05, 3.63) is 16.1 Å². The van der Waals surface area contributed by atoms with Crippen LogP contribution in [-0.4, -0.2) is 43.8 Å². The smallest absolute Gasteiger partial charge is 0.191 e. The number of ether oxygens (including phenoxy) is 1. The highest BCUT2D eigenvalue weighted by atomic mass is 32.1. The predicted octanol–water partition coefficient (Wildman–Crippen LogP) is 2.61. The second-order valence-electron chi connectivity index (χ2n) is 5.62. The molecule has 0 fully saturated rings. The van der Waals surface area contributed by atoms with Crippen LogP contribution in [0.4, 0.5) is 0 Å². The number of hydrogen-bond acceptors (Lipinski definition) is 4. The van der Waals surface area contributed by atoms with Gasteiger partial charge < -0.3 is 15.4 Å². The van der Waals surface area contributed by atoms with Crippen molar-refractivity contribution in [2.24, 2.45) is 10.9 Å². The standard InChI is InChI=1S/C16H30N4OS/c1-5-17-16(18-8-6-10-21-11-13(2)3)19-9-7-15-12-22-14(4)20-15/h12-13H,5-11H2,1-4H3,(H2,17,18,19). The molecule has 1 heterocycles. The number of thiazole rings is 1. The summed E-state index contributed by atoms with van der Waals surface area (Å²) in [6.07, 6.45) is 1.88. The maximum absolute atomic E-state index is 5.56. The number of aliphatic imine (C=N–C) groups is 1. The Labute approximate surface area is 138 Å². The number of nitrogens with one attached hydrogen (secondary N) is 2. The Morgan fingerprint density at radius 2 is 2.23 bits per heavy atom. The zero-order valence-electron chi connectivity index (χ0n) is 14.3. The van der Waals surface area contributed by atoms with Crippen molar-refractivity contribution in [2.45, 2.75) is 40.5 Å². The summed E-state index contributed by atoms with van der Waals surface area (Å²) in [5.41, 5.74) is 1.15. The molecule has 0 aliphatic heterocycles. The van der Waals surface area contributed by atoms with Crippen molar-refractivity contribution in [2.75, 3.05) is 32.8 Å². The van der Waals surface area contributed by atoms with Crippen LogP contribution >= 0.6 is 11.3 Å². The van der Waals surface area contributed by atoms with E-state index in [-0.39, 0.29) is 0 Å². The monoisotopic (exact) mass is 326 g/mol. The van der Waals surface area contributed by atoms with E-state index in [4.69, 9.17) is 4.74 Å². The van der Waals surface area contributed by atoms with Crippen LogP contribution in [0.1, 0.15) is 37.9 Å². The van der Waals surface area contributed by atoms with Gasteiger partial charge in [-0.05, 0) is 26.2 Å². The van der Waals surface area contributed by atoms with Gasteiger partial charge >= 0.3 is 0 Å². The molecule has 1 rings (SSSR count). The molecule has 0 spiro atoms. The van der Waals surface area contributed by atoms with E-state index in [1.807, 2.05) is 6.92 Å². The van der Waals surface area contributed by atoms with Gasteiger partial charge in [0, 0.05) is 44.6 Å². The highest BCUT2D eigenvalue weighted by Gasteiger charge is 2.00. The van der Waals surface area contributed by atoms with E-state index in [1.54, 1.807) is 11.3 Å². The van der Waals surface area contributed by atoms with Gasteiger partial charge in [-0.2, -0.15) is 0 Å². The molecule has 0 unspecified atom stereocenters.